The van der Waals surface area contributed by atoms with Crippen LogP contribution in [-0.2, 0) is 14.8 Å². The summed E-state index contributed by atoms with van der Waals surface area (Å²) in [6, 6.07) is 4.26. The lowest BCUT2D eigenvalue weighted by Gasteiger charge is -2.31. The van der Waals surface area contributed by atoms with Gasteiger partial charge in [0.15, 0.2) is 0 Å². The normalized spacial score (nSPS) is 16.7. The molecule has 7 nitrogen and oxygen atoms in total. The topological polar surface area (TPSA) is 91.5 Å². The zero-order valence-electron chi connectivity index (χ0n) is 15.2. The number of likely N-dealkylation sites (tertiary alicyclic amines) is 1. The van der Waals surface area contributed by atoms with Gasteiger partial charge in [-0.05, 0) is 50.0 Å². The Balaban J connectivity index is 1.44. The fourth-order valence-electron chi connectivity index (χ4n) is 3.30. The molecule has 1 aromatic carbocycles. The molecule has 0 radical (unpaired) electrons. The number of nitrogens with one attached hydrogen (secondary N) is 2. The number of hydrogen-bond donors (Lipinski definition) is 2. The summed E-state index contributed by atoms with van der Waals surface area (Å²) in [5, 5.41) is 0.521. The third-order valence-corrected chi connectivity index (χ3v) is 5.54. The quantitative estimate of drug-likeness (QED) is 0.695. The summed E-state index contributed by atoms with van der Waals surface area (Å²) < 4.78 is 43.5. The number of halogens is 1. The van der Waals surface area contributed by atoms with E-state index >= 15 is 0 Å². The van der Waals surface area contributed by atoms with Crippen molar-refractivity contribution in [2.24, 2.45) is 5.92 Å². The van der Waals surface area contributed by atoms with Gasteiger partial charge in [0.1, 0.15) is 5.82 Å². The van der Waals surface area contributed by atoms with Crippen LogP contribution in [0.25, 0.3) is 10.9 Å². The van der Waals surface area contributed by atoms with Crippen molar-refractivity contribution >= 4 is 26.9 Å². The van der Waals surface area contributed by atoms with Crippen molar-refractivity contribution < 1.29 is 22.3 Å². The molecule has 0 aliphatic carbocycles. The van der Waals surface area contributed by atoms with Crippen molar-refractivity contribution in [3.05, 3.63) is 35.8 Å². The van der Waals surface area contributed by atoms with Gasteiger partial charge in [-0.2, -0.15) is 0 Å². The van der Waals surface area contributed by atoms with E-state index in [4.69, 9.17) is 4.74 Å². The number of hydrogen-bond acceptors (Lipinski definition) is 5. The summed E-state index contributed by atoms with van der Waals surface area (Å²) in [6.45, 7) is 3.07. The van der Waals surface area contributed by atoms with Crippen LogP contribution in [0.3, 0.4) is 0 Å². The molecular weight excluding hydrogens is 373 g/mol. The highest BCUT2D eigenvalue weighted by Crippen LogP contribution is 2.22. The molecule has 2 heterocycles. The number of aromatic amines is 1. The molecular formula is C18H24FN3O4S. The van der Waals surface area contributed by atoms with E-state index in [1.807, 2.05) is 0 Å². The number of aromatic nitrogens is 1. The Kier molecular flexibility index (Phi) is 6.13. The number of carbonyl (C=O) groups is 1. The van der Waals surface area contributed by atoms with Crippen LogP contribution < -0.4 is 4.72 Å². The number of ether oxygens (including phenoxy) is 1. The van der Waals surface area contributed by atoms with Gasteiger partial charge in [-0.1, -0.05) is 0 Å². The molecule has 0 atom stereocenters. The standard InChI is InChI=1S/C18H24FN3O4S/c1-27(24,25)21-6-9-22-7-4-13(5-8-22)12-26-18(23)16-11-20-17-3-2-14(19)10-15(16)17/h2-3,10-11,13,20-21H,4-9,12H2,1H3. The van der Waals surface area contributed by atoms with Crippen molar-refractivity contribution in [3.8, 4) is 0 Å². The fourth-order valence-corrected chi connectivity index (χ4v) is 3.76. The number of fused-ring (bicyclic) bond motifs is 1. The molecule has 2 N–H and O–H groups in total. The van der Waals surface area contributed by atoms with Crippen LogP contribution in [0.2, 0.25) is 0 Å². The van der Waals surface area contributed by atoms with E-state index in [9.17, 15) is 17.6 Å². The predicted molar refractivity (Wildman–Crippen MR) is 101 cm³/mol. The molecule has 0 bridgehead atoms. The zero-order chi connectivity index (χ0) is 19.4. The number of carbonyl (C=O) groups excluding carboxylic acids is 1. The summed E-state index contributed by atoms with van der Waals surface area (Å²) >= 11 is 0. The molecule has 0 saturated carbocycles. The maximum absolute atomic E-state index is 13.4. The lowest BCUT2D eigenvalue weighted by Crippen LogP contribution is -2.40. The second kappa shape index (κ2) is 8.37. The van der Waals surface area contributed by atoms with Crippen LogP contribution in [0.1, 0.15) is 23.2 Å². The van der Waals surface area contributed by atoms with Gasteiger partial charge in [0.2, 0.25) is 10.0 Å². The van der Waals surface area contributed by atoms with Crippen molar-refractivity contribution in [1.82, 2.24) is 14.6 Å². The number of H-pyrrole nitrogens is 1. The van der Waals surface area contributed by atoms with Crippen molar-refractivity contribution in [2.75, 3.05) is 39.0 Å². The molecule has 0 spiro atoms. The second-order valence-corrected chi connectivity index (χ2v) is 8.78. The Morgan fingerprint density at radius 2 is 2.11 bits per heavy atom. The number of esters is 1. The van der Waals surface area contributed by atoms with Crippen LogP contribution >= 0.6 is 0 Å². The van der Waals surface area contributed by atoms with E-state index < -0.39 is 21.8 Å². The van der Waals surface area contributed by atoms with E-state index in [0.29, 0.717) is 36.2 Å². The molecule has 1 fully saturated rings. The molecule has 1 aromatic heterocycles. The third kappa shape index (κ3) is 5.50. The fraction of sp³-hybridized carbons (Fsp3) is 0.500. The molecule has 1 saturated heterocycles. The minimum atomic E-state index is -3.15. The largest absolute Gasteiger partial charge is 0.462 e. The van der Waals surface area contributed by atoms with Gasteiger partial charge in [-0.15, -0.1) is 0 Å². The van der Waals surface area contributed by atoms with Gasteiger partial charge in [-0.3, -0.25) is 0 Å². The summed E-state index contributed by atoms with van der Waals surface area (Å²) in [4.78, 5) is 17.5. The van der Waals surface area contributed by atoms with Gasteiger partial charge in [0.25, 0.3) is 0 Å². The Hall–Kier alpha value is -1.97. The lowest BCUT2D eigenvalue weighted by molar-refractivity contribution is 0.0376. The predicted octanol–water partition coefficient (Wildman–Crippen LogP) is 1.72. The minimum Gasteiger partial charge on any atom is -0.462 e. The Morgan fingerprint density at radius 3 is 2.81 bits per heavy atom. The minimum absolute atomic E-state index is 0.273. The molecule has 27 heavy (non-hydrogen) atoms. The first-order valence-corrected chi connectivity index (χ1v) is 10.8. The molecule has 3 rings (SSSR count). The van der Waals surface area contributed by atoms with Crippen molar-refractivity contribution in [3.63, 3.8) is 0 Å². The van der Waals surface area contributed by atoms with Gasteiger partial charge in [0, 0.05) is 30.2 Å². The average molecular weight is 397 g/mol. The summed E-state index contributed by atoms with van der Waals surface area (Å²) in [5.74, 6) is -0.574. The number of nitrogens with zero attached hydrogens (tertiary/aromatic N) is 1. The van der Waals surface area contributed by atoms with E-state index in [1.54, 1.807) is 12.3 Å². The first-order chi connectivity index (χ1) is 12.8. The number of piperidine rings is 1. The van der Waals surface area contributed by atoms with E-state index in [1.165, 1.54) is 12.1 Å². The molecule has 0 unspecified atom stereocenters. The van der Waals surface area contributed by atoms with Gasteiger partial charge in [0.05, 0.1) is 18.4 Å². The summed E-state index contributed by atoms with van der Waals surface area (Å²) in [7, 11) is -3.15. The molecule has 1 aliphatic heterocycles. The van der Waals surface area contributed by atoms with E-state index in [2.05, 4.69) is 14.6 Å². The smallest absolute Gasteiger partial charge is 0.340 e. The van der Waals surface area contributed by atoms with Crippen LogP contribution in [0.5, 0.6) is 0 Å². The number of rotatable bonds is 7. The maximum Gasteiger partial charge on any atom is 0.340 e. The Morgan fingerprint density at radius 1 is 1.37 bits per heavy atom. The van der Waals surface area contributed by atoms with Crippen LogP contribution in [0, 0.1) is 11.7 Å². The Bertz CT molecular complexity index is 904. The van der Waals surface area contributed by atoms with E-state index in [0.717, 1.165) is 32.2 Å². The number of benzene rings is 1. The first kappa shape index (κ1) is 19.8. The van der Waals surface area contributed by atoms with Gasteiger partial charge in [-0.25, -0.2) is 22.3 Å². The highest BCUT2D eigenvalue weighted by molar-refractivity contribution is 7.88. The van der Waals surface area contributed by atoms with Crippen LogP contribution in [-0.4, -0.2) is 63.3 Å². The van der Waals surface area contributed by atoms with E-state index in [-0.39, 0.29) is 5.92 Å². The van der Waals surface area contributed by atoms with Gasteiger partial charge >= 0.3 is 5.97 Å². The monoisotopic (exact) mass is 397 g/mol. The lowest BCUT2D eigenvalue weighted by atomic mass is 9.98. The maximum atomic E-state index is 13.4. The third-order valence-electron chi connectivity index (χ3n) is 4.81. The van der Waals surface area contributed by atoms with Crippen LogP contribution in [0.15, 0.2) is 24.4 Å². The van der Waals surface area contributed by atoms with Crippen LogP contribution in [0.4, 0.5) is 4.39 Å². The zero-order valence-corrected chi connectivity index (χ0v) is 16.0. The molecule has 9 heteroatoms. The molecule has 0 amide bonds. The summed E-state index contributed by atoms with van der Waals surface area (Å²) in [5.41, 5.74) is 1.04. The Labute approximate surface area is 157 Å². The molecule has 2 aromatic rings. The SMILES string of the molecule is CS(=O)(=O)NCCN1CCC(COC(=O)c2c[nH]c3ccc(F)cc23)CC1. The highest BCUT2D eigenvalue weighted by atomic mass is 32.2. The van der Waals surface area contributed by atoms with Crippen molar-refractivity contribution in [2.45, 2.75) is 12.8 Å². The van der Waals surface area contributed by atoms with Gasteiger partial charge < -0.3 is 14.6 Å². The molecule has 1 aliphatic rings. The number of sulfonamides is 1. The highest BCUT2D eigenvalue weighted by Gasteiger charge is 2.22. The summed E-state index contributed by atoms with van der Waals surface area (Å²) in [6.07, 6.45) is 4.46. The second-order valence-electron chi connectivity index (χ2n) is 6.94. The van der Waals surface area contributed by atoms with Crippen molar-refractivity contribution in [1.29, 1.82) is 0 Å². The average Bonchev–Trinajstić information content (AvgIpc) is 3.03. The molecule has 148 valence electrons. The first-order valence-electron chi connectivity index (χ1n) is 8.92.